The maximum Gasteiger partial charge on any atom is 0.337 e. The SMILES string of the molecule is COC(=O)c1cccc(O[C@@H]2C[C@H]3C[C@@H]([C@@H]2C)C3(C)C)c1. The molecule has 114 valence electrons. The van der Waals surface area contributed by atoms with Crippen LogP contribution in [0.15, 0.2) is 24.3 Å². The lowest BCUT2D eigenvalue weighted by Crippen LogP contribution is -2.57. The second-order valence-electron chi connectivity index (χ2n) is 7.13. The number of carbonyl (C=O) groups excluding carboxylic acids is 1. The molecular formula is C18H24O3. The van der Waals surface area contributed by atoms with E-state index in [1.54, 1.807) is 12.1 Å². The minimum atomic E-state index is -0.318. The number of hydrogen-bond donors (Lipinski definition) is 0. The Labute approximate surface area is 126 Å². The van der Waals surface area contributed by atoms with Gasteiger partial charge in [-0.05, 0) is 54.2 Å². The molecule has 0 aromatic heterocycles. The van der Waals surface area contributed by atoms with E-state index in [-0.39, 0.29) is 12.1 Å². The van der Waals surface area contributed by atoms with E-state index in [0.717, 1.165) is 24.0 Å². The second-order valence-corrected chi connectivity index (χ2v) is 7.13. The minimum Gasteiger partial charge on any atom is -0.490 e. The van der Waals surface area contributed by atoms with Crippen LogP contribution >= 0.6 is 0 Å². The smallest absolute Gasteiger partial charge is 0.337 e. The van der Waals surface area contributed by atoms with E-state index < -0.39 is 0 Å². The van der Waals surface area contributed by atoms with Crippen LogP contribution in [0.2, 0.25) is 0 Å². The molecule has 0 radical (unpaired) electrons. The van der Waals surface area contributed by atoms with Gasteiger partial charge in [-0.25, -0.2) is 4.79 Å². The molecule has 4 atom stereocenters. The maximum absolute atomic E-state index is 11.6. The van der Waals surface area contributed by atoms with Gasteiger partial charge in [-0.1, -0.05) is 26.8 Å². The third-order valence-electron chi connectivity index (χ3n) is 5.83. The third kappa shape index (κ3) is 2.33. The highest BCUT2D eigenvalue weighted by atomic mass is 16.5. The zero-order chi connectivity index (χ0) is 15.2. The van der Waals surface area contributed by atoms with Crippen molar-refractivity contribution in [3.05, 3.63) is 29.8 Å². The van der Waals surface area contributed by atoms with E-state index in [2.05, 4.69) is 20.8 Å². The van der Waals surface area contributed by atoms with Crippen molar-refractivity contribution in [2.45, 2.75) is 39.7 Å². The largest absolute Gasteiger partial charge is 0.490 e. The zero-order valence-corrected chi connectivity index (χ0v) is 13.3. The first-order valence-corrected chi connectivity index (χ1v) is 7.78. The lowest BCUT2D eigenvalue weighted by atomic mass is 9.45. The second kappa shape index (κ2) is 5.04. The predicted octanol–water partition coefficient (Wildman–Crippen LogP) is 3.92. The predicted molar refractivity (Wildman–Crippen MR) is 81.4 cm³/mol. The summed E-state index contributed by atoms with van der Waals surface area (Å²) in [7, 11) is 1.40. The van der Waals surface area contributed by atoms with Crippen LogP contribution in [0, 0.1) is 23.2 Å². The van der Waals surface area contributed by atoms with Gasteiger partial charge in [0.05, 0.1) is 12.7 Å². The van der Waals surface area contributed by atoms with E-state index in [4.69, 9.17) is 9.47 Å². The van der Waals surface area contributed by atoms with E-state index in [1.165, 1.54) is 13.5 Å². The molecule has 0 N–H and O–H groups in total. The number of hydrogen-bond acceptors (Lipinski definition) is 3. The van der Waals surface area contributed by atoms with Gasteiger partial charge >= 0.3 is 5.97 Å². The first-order chi connectivity index (χ1) is 9.93. The lowest BCUT2D eigenvalue weighted by Gasteiger charge is -2.61. The quantitative estimate of drug-likeness (QED) is 0.791. The van der Waals surface area contributed by atoms with Gasteiger partial charge in [0.1, 0.15) is 11.9 Å². The van der Waals surface area contributed by atoms with Crippen LogP contribution in [0.25, 0.3) is 0 Å². The van der Waals surface area contributed by atoms with Crippen LogP contribution in [-0.4, -0.2) is 19.2 Å². The highest BCUT2D eigenvalue weighted by molar-refractivity contribution is 5.89. The molecule has 0 amide bonds. The molecule has 0 saturated heterocycles. The first-order valence-electron chi connectivity index (χ1n) is 7.78. The van der Waals surface area contributed by atoms with E-state index in [9.17, 15) is 4.79 Å². The molecule has 0 aliphatic heterocycles. The highest BCUT2D eigenvalue weighted by Crippen LogP contribution is 2.61. The number of methoxy groups -OCH3 is 1. The van der Waals surface area contributed by atoms with E-state index >= 15 is 0 Å². The van der Waals surface area contributed by atoms with Crippen molar-refractivity contribution >= 4 is 5.97 Å². The molecular weight excluding hydrogens is 264 g/mol. The van der Waals surface area contributed by atoms with Crippen LogP contribution in [0.4, 0.5) is 0 Å². The Kier molecular flexibility index (Phi) is 3.46. The van der Waals surface area contributed by atoms with Gasteiger partial charge in [-0.15, -0.1) is 0 Å². The topological polar surface area (TPSA) is 35.5 Å². The summed E-state index contributed by atoms with van der Waals surface area (Å²) in [4.78, 5) is 11.6. The standard InChI is InChI=1S/C18H24O3/c1-11-15-9-13(18(15,2)3)10-16(11)21-14-7-5-6-12(8-14)17(19)20-4/h5-8,11,13,15-16H,9-10H2,1-4H3/t11-,13+,15-,16+/m0/s1. The number of ether oxygens (including phenoxy) is 2. The summed E-state index contributed by atoms with van der Waals surface area (Å²) < 4.78 is 10.9. The van der Waals surface area contributed by atoms with Gasteiger partial charge in [0.25, 0.3) is 0 Å². The van der Waals surface area contributed by atoms with Gasteiger partial charge in [-0.3, -0.25) is 0 Å². The third-order valence-corrected chi connectivity index (χ3v) is 5.83. The fraction of sp³-hybridized carbons (Fsp3) is 0.611. The summed E-state index contributed by atoms with van der Waals surface area (Å²) in [6, 6.07) is 7.30. The minimum absolute atomic E-state index is 0.259. The molecule has 3 nitrogen and oxygen atoms in total. The Balaban J connectivity index is 1.72. The van der Waals surface area contributed by atoms with Crippen molar-refractivity contribution in [2.75, 3.05) is 7.11 Å². The molecule has 3 aliphatic carbocycles. The summed E-state index contributed by atoms with van der Waals surface area (Å²) in [6.07, 6.45) is 2.72. The molecule has 3 saturated carbocycles. The number of carbonyl (C=O) groups is 1. The Morgan fingerprint density at radius 1 is 1.29 bits per heavy atom. The zero-order valence-electron chi connectivity index (χ0n) is 13.3. The molecule has 4 rings (SSSR count). The lowest BCUT2D eigenvalue weighted by molar-refractivity contribution is -0.147. The van der Waals surface area contributed by atoms with E-state index in [1.807, 2.05) is 12.1 Å². The molecule has 1 aromatic carbocycles. The fourth-order valence-electron chi connectivity index (χ4n) is 4.25. The average Bonchev–Trinajstić information content (AvgIpc) is 2.48. The van der Waals surface area contributed by atoms with Crippen LogP contribution in [-0.2, 0) is 4.74 Å². The average molecular weight is 288 g/mol. The van der Waals surface area contributed by atoms with Crippen molar-refractivity contribution in [1.29, 1.82) is 0 Å². The van der Waals surface area contributed by atoms with Gasteiger partial charge in [0.2, 0.25) is 0 Å². The van der Waals surface area contributed by atoms with Crippen LogP contribution in [0.5, 0.6) is 5.75 Å². The Morgan fingerprint density at radius 3 is 2.67 bits per heavy atom. The summed E-state index contributed by atoms with van der Waals surface area (Å²) >= 11 is 0. The van der Waals surface area contributed by atoms with Crippen molar-refractivity contribution < 1.29 is 14.3 Å². The van der Waals surface area contributed by atoms with Crippen LogP contribution in [0.3, 0.4) is 0 Å². The number of rotatable bonds is 3. The number of fused-ring (bicyclic) bond motifs is 2. The van der Waals surface area contributed by atoms with Crippen molar-refractivity contribution in [3.8, 4) is 5.75 Å². The first kappa shape index (κ1) is 14.4. The Bertz CT molecular complexity index is 549. The van der Waals surface area contributed by atoms with Crippen molar-refractivity contribution in [2.24, 2.45) is 23.2 Å². The maximum atomic E-state index is 11.6. The molecule has 2 bridgehead atoms. The summed E-state index contributed by atoms with van der Waals surface area (Å²) in [5.74, 6) is 2.54. The van der Waals surface area contributed by atoms with Gasteiger partial charge in [-0.2, -0.15) is 0 Å². The Morgan fingerprint density at radius 2 is 2.05 bits per heavy atom. The number of benzene rings is 1. The molecule has 3 fully saturated rings. The van der Waals surface area contributed by atoms with Gasteiger partial charge in [0, 0.05) is 0 Å². The number of esters is 1. The Hall–Kier alpha value is -1.51. The van der Waals surface area contributed by atoms with Crippen molar-refractivity contribution in [1.82, 2.24) is 0 Å². The molecule has 21 heavy (non-hydrogen) atoms. The molecule has 0 spiro atoms. The molecule has 3 aliphatic rings. The summed E-state index contributed by atoms with van der Waals surface area (Å²) in [5, 5.41) is 0. The molecule has 0 heterocycles. The molecule has 3 heteroatoms. The summed E-state index contributed by atoms with van der Waals surface area (Å²) in [5.41, 5.74) is 1.01. The van der Waals surface area contributed by atoms with E-state index in [0.29, 0.717) is 16.9 Å². The highest BCUT2D eigenvalue weighted by Gasteiger charge is 2.56. The summed E-state index contributed by atoms with van der Waals surface area (Å²) in [6.45, 7) is 7.07. The van der Waals surface area contributed by atoms with Crippen LogP contribution < -0.4 is 4.74 Å². The molecule has 0 unspecified atom stereocenters. The monoisotopic (exact) mass is 288 g/mol. The van der Waals surface area contributed by atoms with Gasteiger partial charge in [0.15, 0.2) is 0 Å². The normalized spacial score (nSPS) is 33.0. The van der Waals surface area contributed by atoms with Crippen LogP contribution in [0.1, 0.15) is 44.0 Å². The van der Waals surface area contributed by atoms with Crippen molar-refractivity contribution in [3.63, 3.8) is 0 Å². The van der Waals surface area contributed by atoms with Gasteiger partial charge < -0.3 is 9.47 Å². The fourth-order valence-corrected chi connectivity index (χ4v) is 4.25. The molecule has 1 aromatic rings.